The zero-order valence-corrected chi connectivity index (χ0v) is 11.7. The van der Waals surface area contributed by atoms with Crippen LogP contribution in [-0.4, -0.2) is 39.4 Å². The quantitative estimate of drug-likeness (QED) is 0.775. The number of aromatic nitrogens is 1. The molecule has 0 saturated carbocycles. The first-order chi connectivity index (χ1) is 8.83. The van der Waals surface area contributed by atoms with E-state index in [1.54, 1.807) is 0 Å². The van der Waals surface area contributed by atoms with Gasteiger partial charge in [0.2, 0.25) is 0 Å². The number of hydrogen-bond donors (Lipinski definition) is 2. The van der Waals surface area contributed by atoms with Gasteiger partial charge >= 0.3 is 0 Å². The van der Waals surface area contributed by atoms with Crippen molar-refractivity contribution in [3.8, 4) is 0 Å². The minimum absolute atomic E-state index is 0.0317. The smallest absolute Gasteiger partial charge is 0.260 e. The highest BCUT2D eigenvalue weighted by Crippen LogP contribution is 2.20. The predicted molar refractivity (Wildman–Crippen MR) is 70.6 cm³/mol. The second-order valence-corrected chi connectivity index (χ2v) is 8.46. The molecule has 0 aromatic carbocycles. The lowest BCUT2D eigenvalue weighted by Crippen LogP contribution is -2.35. The fraction of sp³-hybridized carbons (Fsp3) is 0.500. The molecule has 19 heavy (non-hydrogen) atoms. The number of sulfone groups is 1. The summed E-state index contributed by atoms with van der Waals surface area (Å²) in [7, 11) is -7.06. The van der Waals surface area contributed by atoms with Gasteiger partial charge in [0.05, 0.1) is 16.7 Å². The van der Waals surface area contributed by atoms with Crippen LogP contribution in [0.2, 0.25) is 0 Å². The van der Waals surface area contributed by atoms with Gasteiger partial charge in [0.25, 0.3) is 10.0 Å². The van der Waals surface area contributed by atoms with E-state index in [-0.39, 0.29) is 23.0 Å². The monoisotopic (exact) mass is 305 g/mol. The molecule has 2 heterocycles. The zero-order valence-electron chi connectivity index (χ0n) is 10.1. The summed E-state index contributed by atoms with van der Waals surface area (Å²) in [5, 5.41) is -0.933. The first-order valence-electron chi connectivity index (χ1n) is 5.75. The number of nitrogen functional groups attached to an aromatic ring is 1. The van der Waals surface area contributed by atoms with Crippen LogP contribution < -0.4 is 10.5 Å². The van der Waals surface area contributed by atoms with Gasteiger partial charge in [0.1, 0.15) is 0 Å². The van der Waals surface area contributed by atoms with E-state index in [4.69, 9.17) is 5.73 Å². The fourth-order valence-electron chi connectivity index (χ4n) is 1.99. The Balaban J connectivity index is 2.13. The fourth-order valence-corrected chi connectivity index (χ4v) is 4.99. The van der Waals surface area contributed by atoms with Crippen molar-refractivity contribution < 1.29 is 16.8 Å². The summed E-state index contributed by atoms with van der Waals surface area (Å²) in [6.07, 6.45) is 2.36. The summed E-state index contributed by atoms with van der Waals surface area (Å²) in [5.41, 5.74) is 5.58. The first kappa shape index (κ1) is 14.2. The molecule has 0 bridgehead atoms. The average molecular weight is 305 g/mol. The van der Waals surface area contributed by atoms with Gasteiger partial charge in [-0.15, -0.1) is 0 Å². The molecule has 0 radical (unpaired) electrons. The Bertz CT molecular complexity index is 670. The summed E-state index contributed by atoms with van der Waals surface area (Å²) in [6.45, 7) is -0.138. The van der Waals surface area contributed by atoms with Crippen molar-refractivity contribution in [3.05, 3.63) is 18.3 Å². The third-order valence-corrected chi connectivity index (χ3v) is 6.69. The molecule has 1 atom stereocenters. The van der Waals surface area contributed by atoms with E-state index in [9.17, 15) is 16.8 Å². The maximum Gasteiger partial charge on any atom is 0.260 e. The average Bonchev–Trinajstić information content (AvgIpc) is 2.66. The van der Waals surface area contributed by atoms with Crippen LogP contribution in [0, 0.1) is 0 Å². The maximum absolute atomic E-state index is 12.0. The normalized spacial score (nSPS) is 22.4. The summed E-state index contributed by atoms with van der Waals surface area (Å²) >= 11 is 0. The van der Waals surface area contributed by atoms with Crippen LogP contribution in [0.4, 0.5) is 5.69 Å². The standard InChI is InChI=1S/C10H15N3O4S2/c11-9-4-1-5-12-10(9)19(16,17)13-7-8-3-2-6-18(8,14)15/h1,4-5,8,13H,2-3,6-7,11H2. The molecular weight excluding hydrogens is 290 g/mol. The van der Waals surface area contributed by atoms with Gasteiger partial charge in [-0.1, -0.05) is 0 Å². The van der Waals surface area contributed by atoms with Crippen LogP contribution in [0.5, 0.6) is 0 Å². The van der Waals surface area contributed by atoms with E-state index in [0.29, 0.717) is 12.8 Å². The van der Waals surface area contributed by atoms with Gasteiger partial charge in [0, 0.05) is 12.7 Å². The molecule has 1 aliphatic rings. The number of nitrogens with two attached hydrogens (primary N) is 1. The van der Waals surface area contributed by atoms with E-state index < -0.39 is 25.1 Å². The molecule has 0 spiro atoms. The Morgan fingerprint density at radius 3 is 2.79 bits per heavy atom. The van der Waals surface area contributed by atoms with Gasteiger partial charge in [-0.05, 0) is 25.0 Å². The summed E-state index contributed by atoms with van der Waals surface area (Å²) in [5.74, 6) is 0.116. The van der Waals surface area contributed by atoms with Crippen molar-refractivity contribution >= 4 is 25.5 Å². The Hall–Kier alpha value is -1.19. The van der Waals surface area contributed by atoms with Gasteiger partial charge in [0.15, 0.2) is 14.9 Å². The minimum atomic E-state index is -3.88. The minimum Gasteiger partial charge on any atom is -0.396 e. The van der Waals surface area contributed by atoms with Gasteiger partial charge < -0.3 is 5.73 Å². The molecule has 9 heteroatoms. The Kier molecular flexibility index (Phi) is 3.79. The molecule has 1 fully saturated rings. The third-order valence-electron chi connectivity index (χ3n) is 3.02. The molecule has 0 aliphatic carbocycles. The van der Waals surface area contributed by atoms with E-state index in [1.807, 2.05) is 0 Å². The molecule has 1 aliphatic heterocycles. The van der Waals surface area contributed by atoms with Crippen molar-refractivity contribution in [2.24, 2.45) is 0 Å². The van der Waals surface area contributed by atoms with Crippen molar-refractivity contribution in [2.75, 3.05) is 18.0 Å². The molecule has 106 valence electrons. The van der Waals surface area contributed by atoms with Crippen LogP contribution >= 0.6 is 0 Å². The molecular formula is C10H15N3O4S2. The van der Waals surface area contributed by atoms with Gasteiger partial charge in [-0.2, -0.15) is 0 Å². The first-order valence-corrected chi connectivity index (χ1v) is 8.94. The van der Waals surface area contributed by atoms with E-state index in [0.717, 1.165) is 0 Å². The van der Waals surface area contributed by atoms with Crippen LogP contribution in [0.15, 0.2) is 23.4 Å². The number of pyridine rings is 1. The van der Waals surface area contributed by atoms with Crippen molar-refractivity contribution in [1.82, 2.24) is 9.71 Å². The van der Waals surface area contributed by atoms with Crippen LogP contribution in [-0.2, 0) is 19.9 Å². The number of nitrogens with one attached hydrogen (secondary N) is 1. The Morgan fingerprint density at radius 1 is 1.47 bits per heavy atom. The van der Waals surface area contributed by atoms with Crippen molar-refractivity contribution in [2.45, 2.75) is 23.1 Å². The van der Waals surface area contributed by atoms with Crippen molar-refractivity contribution in [1.29, 1.82) is 0 Å². The van der Waals surface area contributed by atoms with Gasteiger partial charge in [-0.3, -0.25) is 0 Å². The molecule has 1 saturated heterocycles. The van der Waals surface area contributed by atoms with Gasteiger partial charge in [-0.25, -0.2) is 26.5 Å². The maximum atomic E-state index is 12.0. The lowest BCUT2D eigenvalue weighted by molar-refractivity contribution is 0.568. The molecule has 3 N–H and O–H groups in total. The number of sulfonamides is 1. The van der Waals surface area contributed by atoms with E-state index in [2.05, 4.69) is 9.71 Å². The lowest BCUT2D eigenvalue weighted by atomic mass is 10.2. The molecule has 2 rings (SSSR count). The largest absolute Gasteiger partial charge is 0.396 e. The molecule has 0 amide bonds. The van der Waals surface area contributed by atoms with E-state index >= 15 is 0 Å². The van der Waals surface area contributed by atoms with Crippen LogP contribution in [0.3, 0.4) is 0 Å². The Labute approximate surface area is 112 Å². The highest BCUT2D eigenvalue weighted by Gasteiger charge is 2.32. The highest BCUT2D eigenvalue weighted by atomic mass is 32.2. The number of nitrogens with zero attached hydrogens (tertiary/aromatic N) is 1. The zero-order chi connectivity index (χ0) is 14.1. The lowest BCUT2D eigenvalue weighted by Gasteiger charge is -2.11. The molecule has 1 aromatic rings. The number of anilines is 1. The SMILES string of the molecule is Nc1cccnc1S(=O)(=O)NCC1CCCS1(=O)=O. The summed E-state index contributed by atoms with van der Waals surface area (Å²) in [4.78, 5) is 3.71. The topological polar surface area (TPSA) is 119 Å². The second kappa shape index (κ2) is 5.06. The Morgan fingerprint density at radius 2 is 2.21 bits per heavy atom. The number of rotatable bonds is 4. The van der Waals surface area contributed by atoms with Crippen LogP contribution in [0.1, 0.15) is 12.8 Å². The predicted octanol–water partition coefficient (Wildman–Crippen LogP) is -0.481. The summed E-state index contributed by atoms with van der Waals surface area (Å²) < 4.78 is 49.4. The highest BCUT2D eigenvalue weighted by molar-refractivity contribution is 7.92. The van der Waals surface area contributed by atoms with Crippen LogP contribution in [0.25, 0.3) is 0 Å². The second-order valence-electron chi connectivity index (χ2n) is 4.38. The van der Waals surface area contributed by atoms with E-state index in [1.165, 1.54) is 18.3 Å². The molecule has 7 nitrogen and oxygen atoms in total. The van der Waals surface area contributed by atoms with Crippen molar-refractivity contribution in [3.63, 3.8) is 0 Å². The summed E-state index contributed by atoms with van der Waals surface area (Å²) in [6, 6.07) is 2.95. The molecule has 1 unspecified atom stereocenters. The molecule has 1 aromatic heterocycles. The number of hydrogen-bond acceptors (Lipinski definition) is 6. The third kappa shape index (κ3) is 3.04.